The van der Waals surface area contributed by atoms with Gasteiger partial charge in [0.15, 0.2) is 5.76 Å². The van der Waals surface area contributed by atoms with E-state index in [9.17, 15) is 0 Å². The first-order chi connectivity index (χ1) is 6.90. The first-order valence-corrected chi connectivity index (χ1v) is 4.51. The van der Waals surface area contributed by atoms with E-state index in [-0.39, 0.29) is 0 Å². The Hall–Kier alpha value is -1.83. The molecule has 0 saturated carbocycles. The number of nitrogens with zero attached hydrogens (tertiary/aromatic N) is 1. The van der Waals surface area contributed by atoms with Crippen LogP contribution in [0.4, 0.5) is 0 Å². The maximum Gasteiger partial charge on any atom is 0.166 e. The van der Waals surface area contributed by atoms with E-state index in [4.69, 9.17) is 4.52 Å². The minimum absolute atomic E-state index is 0.801. The highest BCUT2D eigenvalue weighted by molar-refractivity contribution is 5.56. The summed E-state index contributed by atoms with van der Waals surface area (Å²) < 4.78 is 5.05. The van der Waals surface area contributed by atoms with E-state index in [0.717, 1.165) is 17.7 Å². The molecular weight excluding hydrogens is 174 g/mol. The second-order valence-electron chi connectivity index (χ2n) is 3.07. The standard InChI is InChI=1S/C12H11NO/c1-2-3-10-4-6-11(7-5-10)12-8-9-13-14-12/h2,4-9H,1,3H2. The minimum atomic E-state index is 0.801. The number of allylic oxidation sites excluding steroid dienone is 1. The molecule has 1 aromatic heterocycles. The van der Waals surface area contributed by atoms with Crippen molar-refractivity contribution in [1.82, 2.24) is 5.16 Å². The fraction of sp³-hybridized carbons (Fsp3) is 0.0833. The fourth-order valence-electron chi connectivity index (χ4n) is 1.34. The lowest BCUT2D eigenvalue weighted by Crippen LogP contribution is -1.80. The van der Waals surface area contributed by atoms with Gasteiger partial charge in [0.2, 0.25) is 0 Å². The summed E-state index contributed by atoms with van der Waals surface area (Å²) in [4.78, 5) is 0. The minimum Gasteiger partial charge on any atom is -0.356 e. The Morgan fingerprint density at radius 3 is 2.57 bits per heavy atom. The number of hydrogen-bond acceptors (Lipinski definition) is 2. The smallest absolute Gasteiger partial charge is 0.166 e. The molecule has 0 amide bonds. The quantitative estimate of drug-likeness (QED) is 0.687. The summed E-state index contributed by atoms with van der Waals surface area (Å²) in [6.07, 6.45) is 4.44. The molecule has 0 unspecified atom stereocenters. The van der Waals surface area contributed by atoms with Crippen LogP contribution in [0.5, 0.6) is 0 Å². The summed E-state index contributed by atoms with van der Waals surface area (Å²) in [6, 6.07) is 10.0. The van der Waals surface area contributed by atoms with E-state index in [1.54, 1.807) is 6.20 Å². The number of aromatic nitrogens is 1. The fourth-order valence-corrected chi connectivity index (χ4v) is 1.34. The van der Waals surface area contributed by atoms with E-state index in [2.05, 4.69) is 23.9 Å². The Morgan fingerprint density at radius 1 is 1.21 bits per heavy atom. The molecule has 1 heterocycles. The Kier molecular flexibility index (Phi) is 2.45. The predicted molar refractivity (Wildman–Crippen MR) is 55.8 cm³/mol. The lowest BCUT2D eigenvalue weighted by atomic mass is 10.1. The number of hydrogen-bond donors (Lipinski definition) is 0. The van der Waals surface area contributed by atoms with Crippen LogP contribution in [0, 0.1) is 0 Å². The van der Waals surface area contributed by atoms with Crippen LogP contribution in [-0.4, -0.2) is 5.16 Å². The topological polar surface area (TPSA) is 26.0 Å². The van der Waals surface area contributed by atoms with Crippen LogP contribution in [-0.2, 0) is 6.42 Å². The summed E-state index contributed by atoms with van der Waals surface area (Å²) in [5, 5.41) is 3.67. The van der Waals surface area contributed by atoms with Crippen molar-refractivity contribution >= 4 is 0 Å². The molecule has 0 N–H and O–H groups in total. The second-order valence-corrected chi connectivity index (χ2v) is 3.07. The molecule has 0 radical (unpaired) electrons. The molecular formula is C12H11NO. The third-order valence-corrected chi connectivity index (χ3v) is 2.06. The van der Waals surface area contributed by atoms with E-state index < -0.39 is 0 Å². The Balaban J connectivity index is 2.26. The monoisotopic (exact) mass is 185 g/mol. The summed E-state index contributed by atoms with van der Waals surface area (Å²) >= 11 is 0. The van der Waals surface area contributed by atoms with Crippen LogP contribution >= 0.6 is 0 Å². The maximum atomic E-state index is 5.05. The van der Waals surface area contributed by atoms with Gasteiger partial charge in [-0.25, -0.2) is 0 Å². The first kappa shape index (κ1) is 8.75. The van der Waals surface area contributed by atoms with Crippen molar-refractivity contribution in [2.45, 2.75) is 6.42 Å². The largest absolute Gasteiger partial charge is 0.356 e. The molecule has 0 saturated heterocycles. The molecule has 0 aliphatic heterocycles. The molecule has 0 aliphatic rings. The van der Waals surface area contributed by atoms with Crippen molar-refractivity contribution in [3.63, 3.8) is 0 Å². The van der Waals surface area contributed by atoms with Gasteiger partial charge >= 0.3 is 0 Å². The van der Waals surface area contributed by atoms with Gasteiger partial charge in [0.25, 0.3) is 0 Å². The molecule has 0 aliphatic carbocycles. The van der Waals surface area contributed by atoms with Crippen molar-refractivity contribution in [3.8, 4) is 11.3 Å². The van der Waals surface area contributed by atoms with Gasteiger partial charge < -0.3 is 4.52 Å². The predicted octanol–water partition coefficient (Wildman–Crippen LogP) is 3.07. The van der Waals surface area contributed by atoms with Gasteiger partial charge in [0.05, 0.1) is 6.20 Å². The van der Waals surface area contributed by atoms with Crippen LogP contribution in [0.15, 0.2) is 53.7 Å². The van der Waals surface area contributed by atoms with Crippen LogP contribution in [0.25, 0.3) is 11.3 Å². The van der Waals surface area contributed by atoms with Crippen LogP contribution in [0.3, 0.4) is 0 Å². The summed E-state index contributed by atoms with van der Waals surface area (Å²) in [5.41, 5.74) is 2.30. The third kappa shape index (κ3) is 1.74. The van der Waals surface area contributed by atoms with Gasteiger partial charge in [-0.15, -0.1) is 6.58 Å². The first-order valence-electron chi connectivity index (χ1n) is 4.51. The summed E-state index contributed by atoms with van der Waals surface area (Å²) in [7, 11) is 0. The molecule has 0 fully saturated rings. The molecule has 70 valence electrons. The van der Waals surface area contributed by atoms with E-state index in [1.807, 2.05) is 24.3 Å². The molecule has 0 bridgehead atoms. The van der Waals surface area contributed by atoms with Gasteiger partial charge in [0.1, 0.15) is 0 Å². The Morgan fingerprint density at radius 2 is 2.00 bits per heavy atom. The number of benzene rings is 1. The van der Waals surface area contributed by atoms with Gasteiger partial charge in [0, 0.05) is 11.6 Å². The highest BCUT2D eigenvalue weighted by Crippen LogP contribution is 2.18. The summed E-state index contributed by atoms with van der Waals surface area (Å²) in [5.74, 6) is 0.801. The van der Waals surface area contributed by atoms with Gasteiger partial charge in [-0.3, -0.25) is 0 Å². The zero-order chi connectivity index (χ0) is 9.80. The second kappa shape index (κ2) is 3.92. The normalized spacial score (nSPS) is 10.0. The van der Waals surface area contributed by atoms with Gasteiger partial charge in [-0.1, -0.05) is 35.5 Å². The lowest BCUT2D eigenvalue weighted by Gasteiger charge is -1.98. The molecule has 0 atom stereocenters. The molecule has 1 aromatic carbocycles. The zero-order valence-corrected chi connectivity index (χ0v) is 7.81. The van der Waals surface area contributed by atoms with E-state index in [1.165, 1.54) is 5.56 Å². The molecule has 0 spiro atoms. The van der Waals surface area contributed by atoms with E-state index >= 15 is 0 Å². The molecule has 2 nitrogen and oxygen atoms in total. The molecule has 2 heteroatoms. The Labute approximate surface area is 82.9 Å². The Bertz CT molecular complexity index is 400. The average molecular weight is 185 g/mol. The van der Waals surface area contributed by atoms with Gasteiger partial charge in [-0.2, -0.15) is 0 Å². The molecule has 14 heavy (non-hydrogen) atoms. The van der Waals surface area contributed by atoms with E-state index in [0.29, 0.717) is 0 Å². The SMILES string of the molecule is C=CCc1ccc(-c2ccno2)cc1. The highest BCUT2D eigenvalue weighted by Gasteiger charge is 2.00. The molecule has 2 rings (SSSR count). The van der Waals surface area contributed by atoms with Crippen molar-refractivity contribution in [2.75, 3.05) is 0 Å². The molecule has 2 aromatic rings. The highest BCUT2D eigenvalue weighted by atomic mass is 16.5. The van der Waals surface area contributed by atoms with Crippen LogP contribution in [0.1, 0.15) is 5.56 Å². The van der Waals surface area contributed by atoms with Gasteiger partial charge in [-0.05, 0) is 12.0 Å². The maximum absolute atomic E-state index is 5.05. The average Bonchev–Trinajstić information content (AvgIpc) is 2.72. The number of rotatable bonds is 3. The van der Waals surface area contributed by atoms with Crippen LogP contribution < -0.4 is 0 Å². The van der Waals surface area contributed by atoms with Crippen molar-refractivity contribution in [1.29, 1.82) is 0 Å². The van der Waals surface area contributed by atoms with Crippen LogP contribution in [0.2, 0.25) is 0 Å². The van der Waals surface area contributed by atoms with Crippen molar-refractivity contribution in [3.05, 3.63) is 54.7 Å². The van der Waals surface area contributed by atoms with Crippen molar-refractivity contribution < 1.29 is 4.52 Å². The zero-order valence-electron chi connectivity index (χ0n) is 7.81. The lowest BCUT2D eigenvalue weighted by molar-refractivity contribution is 0.432. The summed E-state index contributed by atoms with van der Waals surface area (Å²) in [6.45, 7) is 3.70. The third-order valence-electron chi connectivity index (χ3n) is 2.06. The van der Waals surface area contributed by atoms with Crippen molar-refractivity contribution in [2.24, 2.45) is 0 Å².